The molecule has 26 heavy (non-hydrogen) atoms. The maximum atomic E-state index is 12.3. The summed E-state index contributed by atoms with van der Waals surface area (Å²) in [6.07, 6.45) is 9.67. The summed E-state index contributed by atoms with van der Waals surface area (Å²) >= 11 is 0. The molecule has 0 aromatic rings. The number of urea groups is 1. The normalized spacial score (nSPS) is 21.5. The highest BCUT2D eigenvalue weighted by Gasteiger charge is 2.36. The van der Waals surface area contributed by atoms with Crippen LogP contribution in [-0.4, -0.2) is 41.3 Å². The third-order valence-electron chi connectivity index (χ3n) is 6.13. The maximum Gasteiger partial charge on any atom is 0.314 e. The van der Waals surface area contributed by atoms with Gasteiger partial charge in [0.25, 0.3) is 0 Å². The summed E-state index contributed by atoms with van der Waals surface area (Å²) in [5, 5.41) is 24.1. The molecule has 2 aliphatic rings. The van der Waals surface area contributed by atoms with E-state index in [1.165, 1.54) is 0 Å². The Morgan fingerprint density at radius 2 is 1.00 bits per heavy atom. The second-order valence-corrected chi connectivity index (χ2v) is 8.30. The van der Waals surface area contributed by atoms with Crippen molar-refractivity contribution in [3.05, 3.63) is 0 Å². The van der Waals surface area contributed by atoms with Crippen molar-refractivity contribution < 1.29 is 24.6 Å². The number of hydrogen-bond acceptors (Lipinski definition) is 3. The molecule has 2 rings (SSSR count). The third-order valence-corrected chi connectivity index (χ3v) is 6.13. The van der Waals surface area contributed by atoms with Crippen molar-refractivity contribution in [2.75, 3.05) is 13.1 Å². The molecule has 0 aromatic heterocycles. The fraction of sp³-hybridized carbons (Fsp3) is 0.842. The van der Waals surface area contributed by atoms with Gasteiger partial charge in [0.15, 0.2) is 0 Å². The molecule has 7 heteroatoms. The van der Waals surface area contributed by atoms with Gasteiger partial charge >= 0.3 is 18.0 Å². The molecule has 2 amide bonds. The first-order chi connectivity index (χ1) is 12.3. The van der Waals surface area contributed by atoms with E-state index in [-0.39, 0.29) is 29.7 Å². The van der Waals surface area contributed by atoms with Crippen LogP contribution in [0.3, 0.4) is 0 Å². The largest absolute Gasteiger partial charge is 0.481 e. The number of hydrogen-bond donors (Lipinski definition) is 4. The van der Waals surface area contributed by atoms with Gasteiger partial charge in [-0.15, -0.1) is 0 Å². The van der Waals surface area contributed by atoms with Gasteiger partial charge in [0.1, 0.15) is 0 Å². The van der Waals surface area contributed by atoms with Crippen LogP contribution in [0.2, 0.25) is 0 Å². The summed E-state index contributed by atoms with van der Waals surface area (Å²) in [5.74, 6) is -1.64. The zero-order chi connectivity index (χ0) is 19.0. The molecule has 0 aliphatic heterocycles. The minimum absolute atomic E-state index is 0.0796. The van der Waals surface area contributed by atoms with E-state index < -0.39 is 11.9 Å². The van der Waals surface area contributed by atoms with Gasteiger partial charge in [-0.3, -0.25) is 9.59 Å². The lowest BCUT2D eigenvalue weighted by Crippen LogP contribution is -2.48. The Morgan fingerprint density at radius 1 is 0.654 bits per heavy atom. The molecule has 0 bridgehead atoms. The van der Waals surface area contributed by atoms with Crippen LogP contribution in [0.5, 0.6) is 0 Å². The lowest BCUT2D eigenvalue weighted by molar-refractivity contribution is -0.141. The molecule has 2 saturated carbocycles. The van der Waals surface area contributed by atoms with E-state index in [9.17, 15) is 24.6 Å². The van der Waals surface area contributed by atoms with E-state index in [2.05, 4.69) is 10.6 Å². The van der Waals surface area contributed by atoms with Crippen LogP contribution in [0, 0.1) is 10.8 Å². The summed E-state index contributed by atoms with van der Waals surface area (Å²) in [7, 11) is 0. The van der Waals surface area contributed by atoms with E-state index >= 15 is 0 Å². The van der Waals surface area contributed by atoms with Gasteiger partial charge in [-0.25, -0.2) is 4.79 Å². The molecule has 148 valence electrons. The Kier molecular flexibility index (Phi) is 7.29. The van der Waals surface area contributed by atoms with Crippen LogP contribution >= 0.6 is 0 Å². The van der Waals surface area contributed by atoms with E-state index in [4.69, 9.17) is 0 Å². The van der Waals surface area contributed by atoms with Gasteiger partial charge < -0.3 is 20.8 Å². The van der Waals surface area contributed by atoms with Crippen molar-refractivity contribution in [1.29, 1.82) is 0 Å². The van der Waals surface area contributed by atoms with Crippen LogP contribution in [-0.2, 0) is 9.59 Å². The number of carbonyl (C=O) groups excluding carboxylic acids is 1. The molecule has 0 saturated heterocycles. The van der Waals surface area contributed by atoms with E-state index in [1.54, 1.807) is 0 Å². The van der Waals surface area contributed by atoms with E-state index in [0.29, 0.717) is 13.1 Å². The highest BCUT2D eigenvalue weighted by atomic mass is 16.4. The fourth-order valence-electron chi connectivity index (χ4n) is 4.68. The molecule has 0 aromatic carbocycles. The molecular formula is C19H32N2O5. The first kappa shape index (κ1) is 20.5. The van der Waals surface area contributed by atoms with Crippen molar-refractivity contribution in [2.24, 2.45) is 10.8 Å². The van der Waals surface area contributed by atoms with Crippen molar-refractivity contribution in [3.8, 4) is 0 Å². The minimum Gasteiger partial charge on any atom is -0.481 e. The first-order valence-corrected chi connectivity index (χ1v) is 9.80. The number of rotatable bonds is 8. The fourth-order valence-corrected chi connectivity index (χ4v) is 4.68. The average molecular weight is 368 g/mol. The molecule has 0 atom stereocenters. The van der Waals surface area contributed by atoms with Gasteiger partial charge in [-0.2, -0.15) is 0 Å². The van der Waals surface area contributed by atoms with Crippen molar-refractivity contribution in [1.82, 2.24) is 10.6 Å². The Labute approximate surface area is 154 Å². The van der Waals surface area contributed by atoms with Gasteiger partial charge in [-0.05, 0) is 36.5 Å². The van der Waals surface area contributed by atoms with Crippen LogP contribution < -0.4 is 10.6 Å². The third kappa shape index (κ3) is 6.18. The SMILES string of the molecule is O=C(O)CC1(CNC(=O)NCC2(CC(=O)O)CCCCC2)CCCCC1. The van der Waals surface area contributed by atoms with Crippen LogP contribution in [0.4, 0.5) is 4.79 Å². The molecule has 0 heterocycles. The summed E-state index contributed by atoms with van der Waals surface area (Å²) in [5.41, 5.74) is -0.712. The van der Waals surface area contributed by atoms with Crippen LogP contribution in [0.1, 0.15) is 77.0 Å². The molecule has 0 spiro atoms. The highest BCUT2D eigenvalue weighted by molar-refractivity contribution is 5.74. The van der Waals surface area contributed by atoms with E-state index in [1.807, 2.05) is 0 Å². The van der Waals surface area contributed by atoms with Gasteiger partial charge in [0, 0.05) is 13.1 Å². The molecule has 0 unspecified atom stereocenters. The standard InChI is InChI=1S/C19H32N2O5/c22-15(23)11-18(7-3-1-4-8-18)13-20-17(26)21-14-19(12-16(24)25)9-5-2-6-10-19/h1-14H2,(H,22,23)(H,24,25)(H2,20,21,26). The quantitative estimate of drug-likeness (QED) is 0.525. The Morgan fingerprint density at radius 3 is 1.31 bits per heavy atom. The Bertz CT molecular complexity index is 464. The predicted octanol–water partition coefficient (Wildman–Crippen LogP) is 3.14. The predicted molar refractivity (Wildman–Crippen MR) is 96.9 cm³/mol. The lowest BCUT2D eigenvalue weighted by Gasteiger charge is -2.37. The zero-order valence-corrected chi connectivity index (χ0v) is 15.5. The van der Waals surface area contributed by atoms with Crippen molar-refractivity contribution in [3.63, 3.8) is 0 Å². The summed E-state index contributed by atoms with van der Waals surface area (Å²) < 4.78 is 0. The average Bonchev–Trinajstić information content (AvgIpc) is 2.59. The minimum atomic E-state index is -0.822. The second-order valence-electron chi connectivity index (χ2n) is 8.30. The Balaban J connectivity index is 1.86. The maximum absolute atomic E-state index is 12.3. The number of aliphatic carboxylic acids is 2. The summed E-state index contributed by atoms with van der Waals surface area (Å²) in [6.45, 7) is 0.716. The van der Waals surface area contributed by atoms with Crippen molar-refractivity contribution in [2.45, 2.75) is 77.0 Å². The first-order valence-electron chi connectivity index (χ1n) is 9.80. The lowest BCUT2D eigenvalue weighted by atomic mass is 9.71. The topological polar surface area (TPSA) is 116 Å². The second kappa shape index (κ2) is 9.24. The molecule has 4 N–H and O–H groups in total. The summed E-state index contributed by atoms with van der Waals surface area (Å²) in [4.78, 5) is 34.7. The number of carboxylic acids is 2. The Hall–Kier alpha value is -1.79. The smallest absolute Gasteiger partial charge is 0.314 e. The molecule has 7 nitrogen and oxygen atoms in total. The van der Waals surface area contributed by atoms with E-state index in [0.717, 1.165) is 64.2 Å². The van der Waals surface area contributed by atoms with Gasteiger partial charge in [-0.1, -0.05) is 38.5 Å². The number of nitrogens with one attached hydrogen (secondary N) is 2. The zero-order valence-electron chi connectivity index (χ0n) is 15.5. The van der Waals surface area contributed by atoms with Crippen molar-refractivity contribution >= 4 is 18.0 Å². The van der Waals surface area contributed by atoms with Crippen LogP contribution in [0.25, 0.3) is 0 Å². The van der Waals surface area contributed by atoms with Gasteiger partial charge in [0.2, 0.25) is 0 Å². The monoisotopic (exact) mass is 368 g/mol. The summed E-state index contributed by atoms with van der Waals surface area (Å²) in [6, 6.07) is -0.323. The highest BCUT2D eigenvalue weighted by Crippen LogP contribution is 2.40. The molecular weight excluding hydrogens is 336 g/mol. The number of carbonyl (C=O) groups is 3. The molecule has 2 aliphatic carbocycles. The molecule has 0 radical (unpaired) electrons. The molecule has 2 fully saturated rings. The number of carboxylic acid groups (broad SMARTS) is 2. The number of amides is 2. The van der Waals surface area contributed by atoms with Crippen LogP contribution in [0.15, 0.2) is 0 Å². The van der Waals surface area contributed by atoms with Gasteiger partial charge in [0.05, 0.1) is 12.8 Å².